The highest BCUT2D eigenvalue weighted by atomic mass is 35.5. The van der Waals surface area contributed by atoms with E-state index < -0.39 is 5.41 Å². The second-order valence-electron chi connectivity index (χ2n) is 4.76. The standard InChI is InChI=1S/C11H21N3O3.ClH/c1-11(2,10(16)12-3)7-14-9(15)8-6-17-5-4-13-8;/h8,13H,4-7H2,1-3H3,(H,12,16)(H,14,15);1H. The molecule has 1 heterocycles. The molecule has 0 aliphatic carbocycles. The number of halogens is 1. The highest BCUT2D eigenvalue weighted by Crippen LogP contribution is 2.13. The van der Waals surface area contributed by atoms with Gasteiger partial charge in [-0.1, -0.05) is 0 Å². The smallest absolute Gasteiger partial charge is 0.239 e. The molecule has 0 saturated carbocycles. The van der Waals surface area contributed by atoms with Crippen LogP contribution in [0.5, 0.6) is 0 Å². The third-order valence-corrected chi connectivity index (χ3v) is 2.78. The van der Waals surface area contributed by atoms with Crippen molar-refractivity contribution in [2.45, 2.75) is 19.9 Å². The maximum atomic E-state index is 11.8. The summed E-state index contributed by atoms with van der Waals surface area (Å²) in [6.07, 6.45) is 0. The third-order valence-electron chi connectivity index (χ3n) is 2.78. The van der Waals surface area contributed by atoms with E-state index in [0.29, 0.717) is 26.3 Å². The highest BCUT2D eigenvalue weighted by molar-refractivity contribution is 5.85. The molecule has 2 amide bonds. The van der Waals surface area contributed by atoms with Gasteiger partial charge in [-0.15, -0.1) is 12.4 Å². The van der Waals surface area contributed by atoms with E-state index in [4.69, 9.17) is 4.74 Å². The van der Waals surface area contributed by atoms with E-state index in [1.165, 1.54) is 0 Å². The van der Waals surface area contributed by atoms with Crippen molar-refractivity contribution in [1.29, 1.82) is 0 Å². The Morgan fingerprint density at radius 2 is 2.11 bits per heavy atom. The van der Waals surface area contributed by atoms with Crippen molar-refractivity contribution in [2.24, 2.45) is 5.41 Å². The van der Waals surface area contributed by atoms with Crippen LogP contribution in [0.1, 0.15) is 13.8 Å². The van der Waals surface area contributed by atoms with E-state index in [2.05, 4.69) is 16.0 Å². The lowest BCUT2D eigenvalue weighted by atomic mass is 9.92. The molecule has 6 nitrogen and oxygen atoms in total. The van der Waals surface area contributed by atoms with Gasteiger partial charge in [0.1, 0.15) is 6.04 Å². The van der Waals surface area contributed by atoms with Crippen LogP contribution in [-0.4, -0.2) is 51.2 Å². The summed E-state index contributed by atoms with van der Waals surface area (Å²) in [6.45, 7) is 5.58. The van der Waals surface area contributed by atoms with E-state index in [9.17, 15) is 9.59 Å². The minimum atomic E-state index is -0.611. The van der Waals surface area contributed by atoms with Gasteiger partial charge in [-0.2, -0.15) is 0 Å². The van der Waals surface area contributed by atoms with Gasteiger partial charge in [0.05, 0.1) is 18.6 Å². The second kappa shape index (κ2) is 7.56. The number of amides is 2. The summed E-state index contributed by atoms with van der Waals surface area (Å²) in [6, 6.07) is -0.316. The van der Waals surface area contributed by atoms with Crippen molar-refractivity contribution >= 4 is 24.2 Å². The first-order valence-corrected chi connectivity index (χ1v) is 5.78. The highest BCUT2D eigenvalue weighted by Gasteiger charge is 2.29. The predicted molar refractivity (Wildman–Crippen MR) is 70.7 cm³/mol. The molecule has 1 saturated heterocycles. The Morgan fingerprint density at radius 1 is 1.44 bits per heavy atom. The van der Waals surface area contributed by atoms with Crippen LogP contribution >= 0.6 is 12.4 Å². The SMILES string of the molecule is CNC(=O)C(C)(C)CNC(=O)C1COCCN1.Cl. The zero-order chi connectivity index (χ0) is 12.9. The van der Waals surface area contributed by atoms with Gasteiger partial charge in [-0.3, -0.25) is 9.59 Å². The molecule has 1 atom stereocenters. The Bertz CT molecular complexity index is 291. The monoisotopic (exact) mass is 279 g/mol. The van der Waals surface area contributed by atoms with Gasteiger partial charge in [-0.25, -0.2) is 0 Å². The quantitative estimate of drug-likeness (QED) is 0.635. The van der Waals surface area contributed by atoms with Crippen LogP contribution in [0.15, 0.2) is 0 Å². The van der Waals surface area contributed by atoms with E-state index >= 15 is 0 Å². The van der Waals surface area contributed by atoms with Crippen LogP contribution in [0, 0.1) is 5.41 Å². The summed E-state index contributed by atoms with van der Waals surface area (Å²) in [5, 5.41) is 8.40. The Hall–Kier alpha value is -0.850. The van der Waals surface area contributed by atoms with Crippen LogP contribution in [-0.2, 0) is 14.3 Å². The van der Waals surface area contributed by atoms with Gasteiger partial charge < -0.3 is 20.7 Å². The molecule has 1 fully saturated rings. The minimum Gasteiger partial charge on any atom is -0.378 e. The number of morpholine rings is 1. The van der Waals surface area contributed by atoms with E-state index in [0.717, 1.165) is 0 Å². The molecule has 7 heteroatoms. The fourth-order valence-electron chi connectivity index (χ4n) is 1.58. The molecular weight excluding hydrogens is 258 g/mol. The maximum Gasteiger partial charge on any atom is 0.239 e. The first kappa shape index (κ1) is 17.2. The molecule has 1 rings (SSSR count). The lowest BCUT2D eigenvalue weighted by Gasteiger charge is -2.26. The average Bonchev–Trinajstić information content (AvgIpc) is 2.36. The fraction of sp³-hybridized carbons (Fsp3) is 0.818. The van der Waals surface area contributed by atoms with Crippen molar-refractivity contribution in [2.75, 3.05) is 33.4 Å². The van der Waals surface area contributed by atoms with Crippen molar-refractivity contribution in [3.8, 4) is 0 Å². The van der Waals surface area contributed by atoms with Crippen LogP contribution in [0.4, 0.5) is 0 Å². The molecule has 0 spiro atoms. The number of carbonyl (C=O) groups is 2. The van der Waals surface area contributed by atoms with E-state index in [1.807, 2.05) is 0 Å². The zero-order valence-corrected chi connectivity index (χ0v) is 11.9. The van der Waals surface area contributed by atoms with Gasteiger partial charge in [-0.05, 0) is 13.8 Å². The summed E-state index contributed by atoms with van der Waals surface area (Å²) in [5.41, 5.74) is -0.611. The van der Waals surface area contributed by atoms with Crippen molar-refractivity contribution in [3.05, 3.63) is 0 Å². The molecule has 0 aromatic rings. The van der Waals surface area contributed by atoms with Gasteiger partial charge in [0, 0.05) is 20.1 Å². The number of hydrogen-bond acceptors (Lipinski definition) is 4. The van der Waals surface area contributed by atoms with Crippen LogP contribution in [0.2, 0.25) is 0 Å². The molecule has 3 N–H and O–H groups in total. The molecule has 0 bridgehead atoms. The largest absolute Gasteiger partial charge is 0.378 e. The van der Waals surface area contributed by atoms with E-state index in [-0.39, 0.29) is 30.3 Å². The summed E-state index contributed by atoms with van der Waals surface area (Å²) in [7, 11) is 1.59. The summed E-state index contributed by atoms with van der Waals surface area (Å²) < 4.78 is 5.20. The predicted octanol–water partition coefficient (Wildman–Crippen LogP) is -0.715. The molecule has 0 aromatic heterocycles. The Labute approximate surface area is 114 Å². The molecule has 106 valence electrons. The number of rotatable bonds is 4. The third kappa shape index (κ3) is 4.80. The Balaban J connectivity index is 0.00000289. The van der Waals surface area contributed by atoms with Crippen LogP contribution in [0.3, 0.4) is 0 Å². The minimum absolute atomic E-state index is 0. The normalized spacial score (nSPS) is 19.6. The number of hydrogen-bond donors (Lipinski definition) is 3. The summed E-state index contributed by atoms with van der Waals surface area (Å²) >= 11 is 0. The van der Waals surface area contributed by atoms with Crippen molar-refractivity contribution in [3.63, 3.8) is 0 Å². The maximum absolute atomic E-state index is 11.8. The van der Waals surface area contributed by atoms with Crippen LogP contribution < -0.4 is 16.0 Å². The topological polar surface area (TPSA) is 79.5 Å². The van der Waals surface area contributed by atoms with E-state index in [1.54, 1.807) is 20.9 Å². The summed E-state index contributed by atoms with van der Waals surface area (Å²) in [5.74, 6) is -0.215. The lowest BCUT2D eigenvalue weighted by Crippen LogP contribution is -2.53. The second-order valence-corrected chi connectivity index (χ2v) is 4.76. The molecule has 0 radical (unpaired) electrons. The van der Waals surface area contributed by atoms with Crippen molar-refractivity contribution in [1.82, 2.24) is 16.0 Å². The molecule has 0 aromatic carbocycles. The molecular formula is C11H22ClN3O3. The first-order valence-electron chi connectivity index (χ1n) is 5.78. The van der Waals surface area contributed by atoms with Gasteiger partial charge >= 0.3 is 0 Å². The lowest BCUT2D eigenvalue weighted by molar-refractivity contribution is -0.130. The molecule has 1 unspecified atom stereocenters. The van der Waals surface area contributed by atoms with Gasteiger partial charge in [0.15, 0.2) is 0 Å². The fourth-order valence-corrected chi connectivity index (χ4v) is 1.58. The molecule has 1 aliphatic rings. The Morgan fingerprint density at radius 3 is 2.61 bits per heavy atom. The van der Waals surface area contributed by atoms with Crippen molar-refractivity contribution < 1.29 is 14.3 Å². The Kier molecular flexibility index (Phi) is 7.20. The zero-order valence-electron chi connectivity index (χ0n) is 11.0. The number of carbonyl (C=O) groups excluding carboxylic acids is 2. The van der Waals surface area contributed by atoms with Gasteiger partial charge in [0.2, 0.25) is 11.8 Å². The molecule has 18 heavy (non-hydrogen) atoms. The molecule has 1 aliphatic heterocycles. The number of ether oxygens (including phenoxy) is 1. The first-order chi connectivity index (χ1) is 7.97. The summed E-state index contributed by atoms with van der Waals surface area (Å²) in [4.78, 5) is 23.3. The van der Waals surface area contributed by atoms with Gasteiger partial charge in [0.25, 0.3) is 0 Å². The average molecular weight is 280 g/mol. The van der Waals surface area contributed by atoms with Crippen LogP contribution in [0.25, 0.3) is 0 Å². The number of nitrogens with one attached hydrogen (secondary N) is 3.